The van der Waals surface area contributed by atoms with E-state index in [2.05, 4.69) is 18.3 Å². The molecule has 3 unspecified atom stereocenters. The van der Waals surface area contributed by atoms with Crippen LogP contribution in [0.1, 0.15) is 43.4 Å². The molecule has 1 aromatic rings. The minimum absolute atomic E-state index is 0.101. The van der Waals surface area contributed by atoms with Gasteiger partial charge in [-0.2, -0.15) is 0 Å². The van der Waals surface area contributed by atoms with Crippen LogP contribution in [-0.4, -0.2) is 6.54 Å². The number of nitrogens with one attached hydrogen (secondary N) is 1. The Kier molecular flexibility index (Phi) is 3.14. The van der Waals surface area contributed by atoms with Crippen molar-refractivity contribution in [2.45, 2.75) is 39.2 Å². The first-order chi connectivity index (χ1) is 8.67. The van der Waals surface area contributed by atoms with E-state index in [9.17, 15) is 4.39 Å². The number of hydrogen-bond donors (Lipinski definition) is 1. The quantitative estimate of drug-likeness (QED) is 0.852. The van der Waals surface area contributed by atoms with Gasteiger partial charge in [0.25, 0.3) is 0 Å². The van der Waals surface area contributed by atoms with E-state index in [0.29, 0.717) is 12.0 Å². The molecule has 0 bridgehead atoms. The highest BCUT2D eigenvalue weighted by Crippen LogP contribution is 2.57. The fourth-order valence-electron chi connectivity index (χ4n) is 3.75. The molecule has 0 heterocycles. The van der Waals surface area contributed by atoms with Crippen molar-refractivity contribution in [2.24, 2.45) is 17.8 Å². The predicted molar refractivity (Wildman–Crippen MR) is 71.9 cm³/mol. The first-order valence-electron chi connectivity index (χ1n) is 7.18. The second-order valence-electron chi connectivity index (χ2n) is 6.08. The molecular weight excluding hydrogens is 225 g/mol. The number of rotatable bonds is 4. The minimum Gasteiger partial charge on any atom is -0.310 e. The summed E-state index contributed by atoms with van der Waals surface area (Å²) in [6, 6.07) is 5.81. The van der Waals surface area contributed by atoms with E-state index >= 15 is 0 Å². The van der Waals surface area contributed by atoms with Crippen molar-refractivity contribution in [1.29, 1.82) is 0 Å². The normalized spacial score (nSPS) is 31.2. The summed E-state index contributed by atoms with van der Waals surface area (Å²) in [5, 5.41) is 3.57. The molecule has 18 heavy (non-hydrogen) atoms. The molecule has 0 aromatic heterocycles. The van der Waals surface area contributed by atoms with E-state index in [4.69, 9.17) is 0 Å². The lowest BCUT2D eigenvalue weighted by Gasteiger charge is -2.26. The van der Waals surface area contributed by atoms with Crippen LogP contribution in [0.4, 0.5) is 4.39 Å². The van der Waals surface area contributed by atoms with Gasteiger partial charge in [-0.25, -0.2) is 4.39 Å². The maximum absolute atomic E-state index is 13.6. The van der Waals surface area contributed by atoms with E-state index in [-0.39, 0.29) is 5.82 Å². The Hall–Kier alpha value is -0.890. The molecule has 2 aliphatic rings. The number of benzene rings is 1. The maximum atomic E-state index is 13.6. The van der Waals surface area contributed by atoms with Gasteiger partial charge >= 0.3 is 0 Å². The molecule has 0 saturated heterocycles. The molecule has 2 heteroatoms. The zero-order valence-electron chi connectivity index (χ0n) is 11.2. The van der Waals surface area contributed by atoms with Crippen LogP contribution in [0.2, 0.25) is 0 Å². The van der Waals surface area contributed by atoms with Gasteiger partial charge in [-0.05, 0) is 73.7 Å². The van der Waals surface area contributed by atoms with Gasteiger partial charge in [0.05, 0.1) is 0 Å². The number of halogens is 1. The van der Waals surface area contributed by atoms with E-state index in [1.54, 1.807) is 12.1 Å². The molecule has 2 aliphatic carbocycles. The highest BCUT2D eigenvalue weighted by Gasteiger charge is 2.47. The third-order valence-corrected chi connectivity index (χ3v) is 4.60. The van der Waals surface area contributed by atoms with Gasteiger partial charge < -0.3 is 5.32 Å². The van der Waals surface area contributed by atoms with Gasteiger partial charge in [0, 0.05) is 6.04 Å². The SMILES string of the molecule is CCNC(c1cc(C)cc(F)c1)C1CC2CC2C1. The third kappa shape index (κ3) is 2.31. The van der Waals surface area contributed by atoms with Crippen molar-refractivity contribution >= 4 is 0 Å². The molecule has 3 rings (SSSR count). The molecular formula is C16H22FN. The average molecular weight is 247 g/mol. The van der Waals surface area contributed by atoms with Crippen molar-refractivity contribution in [2.75, 3.05) is 6.54 Å². The summed E-state index contributed by atoms with van der Waals surface area (Å²) in [4.78, 5) is 0. The highest BCUT2D eigenvalue weighted by atomic mass is 19.1. The van der Waals surface area contributed by atoms with Crippen LogP contribution in [-0.2, 0) is 0 Å². The lowest BCUT2D eigenvalue weighted by Crippen LogP contribution is -2.27. The Bertz CT molecular complexity index is 412. The van der Waals surface area contributed by atoms with E-state index in [1.807, 2.05) is 6.92 Å². The fraction of sp³-hybridized carbons (Fsp3) is 0.625. The van der Waals surface area contributed by atoms with Gasteiger partial charge in [-0.3, -0.25) is 0 Å². The molecule has 0 aliphatic heterocycles. The topological polar surface area (TPSA) is 12.0 Å². The molecule has 0 radical (unpaired) electrons. The van der Waals surface area contributed by atoms with E-state index in [0.717, 1.165) is 29.5 Å². The molecule has 98 valence electrons. The Morgan fingerprint density at radius 3 is 2.56 bits per heavy atom. The number of hydrogen-bond acceptors (Lipinski definition) is 1. The summed E-state index contributed by atoms with van der Waals surface area (Å²) in [6.45, 7) is 5.06. The summed E-state index contributed by atoms with van der Waals surface area (Å²) in [6.07, 6.45) is 4.10. The van der Waals surface area contributed by atoms with Crippen LogP contribution in [0.5, 0.6) is 0 Å². The third-order valence-electron chi connectivity index (χ3n) is 4.60. The largest absolute Gasteiger partial charge is 0.310 e. The summed E-state index contributed by atoms with van der Waals surface area (Å²) in [5.41, 5.74) is 2.16. The van der Waals surface area contributed by atoms with Gasteiger partial charge in [-0.1, -0.05) is 13.0 Å². The Morgan fingerprint density at radius 1 is 1.22 bits per heavy atom. The van der Waals surface area contributed by atoms with Crippen LogP contribution in [0.3, 0.4) is 0 Å². The zero-order valence-corrected chi connectivity index (χ0v) is 11.2. The van der Waals surface area contributed by atoms with Crippen molar-refractivity contribution in [3.8, 4) is 0 Å². The molecule has 2 saturated carbocycles. The van der Waals surface area contributed by atoms with Crippen molar-refractivity contribution < 1.29 is 4.39 Å². The summed E-state index contributed by atoms with van der Waals surface area (Å²) >= 11 is 0. The van der Waals surface area contributed by atoms with Gasteiger partial charge in [0.15, 0.2) is 0 Å². The Labute approximate surface area is 109 Å². The van der Waals surface area contributed by atoms with Crippen LogP contribution >= 0.6 is 0 Å². The molecule has 0 spiro atoms. The van der Waals surface area contributed by atoms with Crippen molar-refractivity contribution in [3.63, 3.8) is 0 Å². The molecule has 1 nitrogen and oxygen atoms in total. The lowest BCUT2D eigenvalue weighted by atomic mass is 9.88. The maximum Gasteiger partial charge on any atom is 0.123 e. The van der Waals surface area contributed by atoms with Crippen molar-refractivity contribution in [3.05, 3.63) is 35.1 Å². The second-order valence-corrected chi connectivity index (χ2v) is 6.08. The minimum atomic E-state index is -0.101. The summed E-state index contributed by atoms with van der Waals surface area (Å²) in [7, 11) is 0. The Balaban J connectivity index is 1.83. The number of aryl methyl sites for hydroxylation is 1. The van der Waals surface area contributed by atoms with E-state index in [1.165, 1.54) is 19.3 Å². The molecule has 1 aromatic carbocycles. The van der Waals surface area contributed by atoms with Crippen LogP contribution in [0.15, 0.2) is 18.2 Å². The highest BCUT2D eigenvalue weighted by molar-refractivity contribution is 5.27. The lowest BCUT2D eigenvalue weighted by molar-refractivity contribution is 0.345. The van der Waals surface area contributed by atoms with Gasteiger partial charge in [0.2, 0.25) is 0 Å². The second kappa shape index (κ2) is 4.65. The van der Waals surface area contributed by atoms with Gasteiger partial charge in [-0.15, -0.1) is 0 Å². The van der Waals surface area contributed by atoms with Crippen molar-refractivity contribution in [1.82, 2.24) is 5.32 Å². The average Bonchev–Trinajstić information content (AvgIpc) is 2.92. The molecule has 1 N–H and O–H groups in total. The zero-order chi connectivity index (χ0) is 12.7. The molecule has 3 atom stereocenters. The number of fused-ring (bicyclic) bond motifs is 1. The van der Waals surface area contributed by atoms with Crippen LogP contribution in [0.25, 0.3) is 0 Å². The fourth-order valence-corrected chi connectivity index (χ4v) is 3.75. The predicted octanol–water partition coefficient (Wildman–Crippen LogP) is 3.83. The Morgan fingerprint density at radius 2 is 1.94 bits per heavy atom. The monoisotopic (exact) mass is 247 g/mol. The van der Waals surface area contributed by atoms with E-state index < -0.39 is 0 Å². The first kappa shape index (κ1) is 12.2. The van der Waals surface area contributed by atoms with Gasteiger partial charge in [0.1, 0.15) is 5.82 Å². The summed E-state index contributed by atoms with van der Waals surface area (Å²) < 4.78 is 13.6. The molecule has 0 amide bonds. The molecule has 2 fully saturated rings. The standard InChI is InChI=1S/C16H22FN/c1-3-18-16(14-7-11-6-12(11)8-14)13-4-10(2)5-15(17)9-13/h4-5,9,11-12,14,16,18H,3,6-8H2,1-2H3. The summed E-state index contributed by atoms with van der Waals surface area (Å²) in [5.74, 6) is 2.56. The first-order valence-corrected chi connectivity index (χ1v) is 7.18. The van der Waals surface area contributed by atoms with Crippen LogP contribution < -0.4 is 5.32 Å². The van der Waals surface area contributed by atoms with Crippen LogP contribution in [0, 0.1) is 30.5 Å². The smallest absolute Gasteiger partial charge is 0.123 e.